The SMILES string of the molecule is CCC1CCC(C)N1C(CO)C(N)C(C)C. The molecule has 1 aliphatic heterocycles. The van der Waals surface area contributed by atoms with Crippen molar-refractivity contribution in [3.05, 3.63) is 0 Å². The Balaban J connectivity index is 2.77. The summed E-state index contributed by atoms with van der Waals surface area (Å²) in [4.78, 5) is 2.46. The molecule has 3 nitrogen and oxygen atoms in total. The Morgan fingerprint density at radius 3 is 2.44 bits per heavy atom. The molecule has 0 saturated carbocycles. The van der Waals surface area contributed by atoms with Crippen molar-refractivity contribution in [2.24, 2.45) is 11.7 Å². The molecule has 0 aromatic carbocycles. The van der Waals surface area contributed by atoms with Crippen molar-refractivity contribution in [1.29, 1.82) is 0 Å². The van der Waals surface area contributed by atoms with E-state index in [4.69, 9.17) is 5.73 Å². The molecule has 1 rings (SSSR count). The molecule has 16 heavy (non-hydrogen) atoms. The van der Waals surface area contributed by atoms with Crippen LogP contribution in [0.2, 0.25) is 0 Å². The quantitative estimate of drug-likeness (QED) is 0.751. The van der Waals surface area contributed by atoms with E-state index < -0.39 is 0 Å². The highest BCUT2D eigenvalue weighted by atomic mass is 16.3. The zero-order valence-electron chi connectivity index (χ0n) is 11.2. The lowest BCUT2D eigenvalue weighted by Crippen LogP contribution is -2.55. The highest BCUT2D eigenvalue weighted by Crippen LogP contribution is 2.29. The van der Waals surface area contributed by atoms with Gasteiger partial charge in [-0.3, -0.25) is 4.90 Å². The van der Waals surface area contributed by atoms with E-state index in [1.807, 2.05) is 0 Å². The number of rotatable bonds is 5. The monoisotopic (exact) mass is 228 g/mol. The van der Waals surface area contributed by atoms with E-state index >= 15 is 0 Å². The smallest absolute Gasteiger partial charge is 0.0602 e. The number of aliphatic hydroxyl groups excluding tert-OH is 1. The lowest BCUT2D eigenvalue weighted by molar-refractivity contribution is 0.0555. The van der Waals surface area contributed by atoms with Crippen molar-refractivity contribution in [2.45, 2.75) is 71.1 Å². The fourth-order valence-corrected chi connectivity index (χ4v) is 2.96. The Labute approximate surface area is 100 Å². The van der Waals surface area contributed by atoms with Crippen molar-refractivity contribution < 1.29 is 5.11 Å². The Morgan fingerprint density at radius 1 is 1.38 bits per heavy atom. The van der Waals surface area contributed by atoms with Crippen LogP contribution in [-0.2, 0) is 0 Å². The molecule has 4 unspecified atom stereocenters. The fraction of sp³-hybridized carbons (Fsp3) is 1.00. The van der Waals surface area contributed by atoms with E-state index in [0.29, 0.717) is 18.0 Å². The van der Waals surface area contributed by atoms with Gasteiger partial charge in [0, 0.05) is 24.2 Å². The molecule has 0 amide bonds. The van der Waals surface area contributed by atoms with Crippen LogP contribution in [0.15, 0.2) is 0 Å². The van der Waals surface area contributed by atoms with Gasteiger partial charge in [0.1, 0.15) is 0 Å². The molecule has 0 aliphatic carbocycles. The third kappa shape index (κ3) is 2.76. The molecule has 1 aliphatic rings. The van der Waals surface area contributed by atoms with Crippen molar-refractivity contribution in [2.75, 3.05) is 6.61 Å². The van der Waals surface area contributed by atoms with Gasteiger partial charge in [-0.15, -0.1) is 0 Å². The van der Waals surface area contributed by atoms with Crippen LogP contribution in [0.25, 0.3) is 0 Å². The Hall–Kier alpha value is -0.120. The number of hydrogen-bond donors (Lipinski definition) is 2. The lowest BCUT2D eigenvalue weighted by atomic mass is 9.95. The first-order chi connectivity index (χ1) is 7.52. The maximum absolute atomic E-state index is 9.62. The number of nitrogens with zero attached hydrogens (tertiary/aromatic N) is 1. The molecule has 3 N–H and O–H groups in total. The molecule has 1 heterocycles. The zero-order chi connectivity index (χ0) is 12.3. The maximum Gasteiger partial charge on any atom is 0.0602 e. The van der Waals surface area contributed by atoms with E-state index in [0.717, 1.165) is 6.42 Å². The second-order valence-electron chi connectivity index (χ2n) is 5.51. The maximum atomic E-state index is 9.62. The molecular weight excluding hydrogens is 200 g/mol. The van der Waals surface area contributed by atoms with Gasteiger partial charge in [0.2, 0.25) is 0 Å². The Bertz CT molecular complexity index is 208. The summed E-state index contributed by atoms with van der Waals surface area (Å²) in [6, 6.07) is 1.37. The van der Waals surface area contributed by atoms with Crippen molar-refractivity contribution >= 4 is 0 Å². The first-order valence-electron chi connectivity index (χ1n) is 6.66. The Morgan fingerprint density at radius 2 is 2.00 bits per heavy atom. The summed E-state index contributed by atoms with van der Waals surface area (Å²) in [5, 5.41) is 9.62. The molecule has 0 bridgehead atoms. The third-order valence-corrected chi connectivity index (χ3v) is 4.10. The standard InChI is InChI=1S/C13H28N2O/c1-5-11-7-6-10(4)15(11)12(8-16)13(14)9(2)3/h9-13,16H,5-8,14H2,1-4H3. The molecule has 0 aromatic rings. The normalized spacial score (nSPS) is 30.9. The van der Waals surface area contributed by atoms with Gasteiger partial charge in [-0.25, -0.2) is 0 Å². The summed E-state index contributed by atoms with van der Waals surface area (Å²) in [5.74, 6) is 0.419. The summed E-state index contributed by atoms with van der Waals surface area (Å²) in [6.07, 6.45) is 3.64. The van der Waals surface area contributed by atoms with Gasteiger partial charge < -0.3 is 10.8 Å². The third-order valence-electron chi connectivity index (χ3n) is 4.10. The van der Waals surface area contributed by atoms with Crippen LogP contribution >= 0.6 is 0 Å². The minimum atomic E-state index is 0.0691. The van der Waals surface area contributed by atoms with Gasteiger partial charge in [-0.2, -0.15) is 0 Å². The fourth-order valence-electron chi connectivity index (χ4n) is 2.96. The highest BCUT2D eigenvalue weighted by Gasteiger charge is 2.37. The minimum absolute atomic E-state index is 0.0691. The van der Waals surface area contributed by atoms with Gasteiger partial charge in [-0.1, -0.05) is 20.8 Å². The van der Waals surface area contributed by atoms with E-state index in [1.165, 1.54) is 12.8 Å². The van der Waals surface area contributed by atoms with Crippen LogP contribution in [0.4, 0.5) is 0 Å². The summed E-state index contributed by atoms with van der Waals surface area (Å²) >= 11 is 0. The summed E-state index contributed by atoms with van der Waals surface area (Å²) in [7, 11) is 0. The van der Waals surface area contributed by atoms with Crippen LogP contribution in [0.1, 0.15) is 47.0 Å². The summed E-state index contributed by atoms with van der Waals surface area (Å²) < 4.78 is 0. The molecule has 0 radical (unpaired) electrons. The van der Waals surface area contributed by atoms with E-state index in [1.54, 1.807) is 0 Å². The number of nitrogens with two attached hydrogens (primary N) is 1. The predicted octanol–water partition coefficient (Wildman–Crippen LogP) is 1.59. The second-order valence-corrected chi connectivity index (χ2v) is 5.51. The zero-order valence-corrected chi connectivity index (χ0v) is 11.2. The second kappa shape index (κ2) is 5.99. The first kappa shape index (κ1) is 13.9. The molecule has 4 atom stereocenters. The summed E-state index contributed by atoms with van der Waals surface area (Å²) in [5.41, 5.74) is 6.23. The van der Waals surface area contributed by atoms with Gasteiger partial charge in [-0.05, 0) is 32.1 Å². The number of likely N-dealkylation sites (tertiary alicyclic amines) is 1. The van der Waals surface area contributed by atoms with E-state index in [2.05, 4.69) is 32.6 Å². The van der Waals surface area contributed by atoms with E-state index in [9.17, 15) is 5.11 Å². The van der Waals surface area contributed by atoms with Gasteiger partial charge in [0.15, 0.2) is 0 Å². The topological polar surface area (TPSA) is 49.5 Å². The molecule has 0 aromatic heterocycles. The average molecular weight is 228 g/mol. The van der Waals surface area contributed by atoms with Gasteiger partial charge in [0.25, 0.3) is 0 Å². The Kier molecular flexibility index (Phi) is 5.22. The highest BCUT2D eigenvalue weighted by molar-refractivity contribution is 4.94. The van der Waals surface area contributed by atoms with E-state index in [-0.39, 0.29) is 18.7 Å². The molecular formula is C13H28N2O. The van der Waals surface area contributed by atoms with Crippen LogP contribution in [0, 0.1) is 5.92 Å². The molecule has 1 saturated heterocycles. The number of aliphatic hydroxyl groups is 1. The van der Waals surface area contributed by atoms with Gasteiger partial charge >= 0.3 is 0 Å². The molecule has 96 valence electrons. The first-order valence-corrected chi connectivity index (χ1v) is 6.66. The van der Waals surface area contributed by atoms with Crippen molar-refractivity contribution in [3.63, 3.8) is 0 Å². The summed E-state index contributed by atoms with van der Waals surface area (Å²) in [6.45, 7) is 8.93. The van der Waals surface area contributed by atoms with Crippen molar-refractivity contribution in [3.8, 4) is 0 Å². The van der Waals surface area contributed by atoms with Crippen LogP contribution < -0.4 is 5.73 Å². The van der Waals surface area contributed by atoms with Gasteiger partial charge in [0.05, 0.1) is 6.61 Å². The van der Waals surface area contributed by atoms with Crippen molar-refractivity contribution in [1.82, 2.24) is 4.90 Å². The van der Waals surface area contributed by atoms with Crippen LogP contribution in [0.3, 0.4) is 0 Å². The van der Waals surface area contributed by atoms with Crippen LogP contribution in [0.5, 0.6) is 0 Å². The molecule has 0 spiro atoms. The van der Waals surface area contributed by atoms with Crippen LogP contribution in [-0.4, -0.2) is 40.8 Å². The molecule has 3 heteroatoms. The molecule has 1 fully saturated rings. The minimum Gasteiger partial charge on any atom is -0.395 e. The lowest BCUT2D eigenvalue weighted by Gasteiger charge is -2.39. The average Bonchev–Trinajstić information content (AvgIpc) is 2.61. The number of hydrogen-bond acceptors (Lipinski definition) is 3. The largest absolute Gasteiger partial charge is 0.395 e. The predicted molar refractivity (Wildman–Crippen MR) is 68.3 cm³/mol.